The average Bonchev–Trinajstić information content (AvgIpc) is 2.39. The Morgan fingerprint density at radius 1 is 1.19 bits per heavy atom. The molecule has 0 amide bonds. The van der Waals surface area contributed by atoms with Gasteiger partial charge in [-0.1, -0.05) is 23.2 Å². The molecule has 4 nitrogen and oxygen atoms in total. The van der Waals surface area contributed by atoms with Crippen LogP contribution in [0.1, 0.15) is 23.0 Å². The van der Waals surface area contributed by atoms with E-state index in [9.17, 15) is 9.59 Å². The highest BCUT2D eigenvalue weighted by molar-refractivity contribution is 6.38. The summed E-state index contributed by atoms with van der Waals surface area (Å²) in [5, 5.41) is 1.08. The zero-order valence-corrected chi connectivity index (χ0v) is 12.7. The van der Waals surface area contributed by atoms with E-state index < -0.39 is 0 Å². The Bertz CT molecular complexity index is 976. The van der Waals surface area contributed by atoms with Crippen molar-refractivity contribution in [1.82, 2.24) is 4.98 Å². The van der Waals surface area contributed by atoms with Crippen LogP contribution in [0.15, 0.2) is 27.4 Å². The van der Waals surface area contributed by atoms with E-state index in [0.29, 0.717) is 16.3 Å². The number of aryl methyl sites for hydroxylation is 1. The second kappa shape index (κ2) is 4.83. The van der Waals surface area contributed by atoms with Crippen molar-refractivity contribution < 1.29 is 9.21 Å². The molecule has 0 saturated heterocycles. The van der Waals surface area contributed by atoms with Crippen LogP contribution < -0.4 is 5.43 Å². The third kappa shape index (κ3) is 2.20. The van der Waals surface area contributed by atoms with Crippen LogP contribution in [-0.2, 0) is 0 Å². The van der Waals surface area contributed by atoms with Gasteiger partial charge in [0.15, 0.2) is 11.4 Å². The quantitative estimate of drug-likeness (QED) is 0.498. The normalized spacial score (nSPS) is 11.2. The van der Waals surface area contributed by atoms with Gasteiger partial charge >= 0.3 is 0 Å². The molecule has 0 fully saturated rings. The van der Waals surface area contributed by atoms with Gasteiger partial charge in [0.25, 0.3) is 0 Å². The Balaban J connectivity index is 2.54. The predicted octanol–water partition coefficient (Wildman–Crippen LogP) is 4.16. The predicted molar refractivity (Wildman–Crippen MR) is 82.5 cm³/mol. The Labute approximate surface area is 129 Å². The highest BCUT2D eigenvalue weighted by atomic mass is 35.5. The van der Waals surface area contributed by atoms with Crippen molar-refractivity contribution >= 4 is 51.1 Å². The number of rotatable bonds is 1. The van der Waals surface area contributed by atoms with E-state index in [4.69, 9.17) is 27.6 Å². The molecule has 3 rings (SSSR count). The summed E-state index contributed by atoms with van der Waals surface area (Å²) in [6.45, 7) is 3.11. The number of nitrogens with zero attached hydrogens (tertiary/aromatic N) is 1. The van der Waals surface area contributed by atoms with E-state index in [2.05, 4.69) is 4.98 Å². The summed E-state index contributed by atoms with van der Waals surface area (Å²) < 4.78 is 5.62. The van der Waals surface area contributed by atoms with Crippen LogP contribution in [0.5, 0.6) is 0 Å². The number of benzene rings is 1. The number of pyridine rings is 1. The summed E-state index contributed by atoms with van der Waals surface area (Å²) in [5.74, 6) is -0.162. The van der Waals surface area contributed by atoms with Crippen molar-refractivity contribution in [2.24, 2.45) is 0 Å². The largest absolute Gasteiger partial charge is 0.436 e. The Morgan fingerprint density at radius 2 is 1.90 bits per heavy atom. The summed E-state index contributed by atoms with van der Waals surface area (Å²) in [4.78, 5) is 28.3. The van der Waals surface area contributed by atoms with Crippen molar-refractivity contribution in [3.8, 4) is 0 Å². The summed E-state index contributed by atoms with van der Waals surface area (Å²) >= 11 is 12.0. The minimum absolute atomic E-state index is 0.152. The van der Waals surface area contributed by atoms with Gasteiger partial charge in [-0.3, -0.25) is 9.59 Å². The molecule has 0 aliphatic heterocycles. The highest BCUT2D eigenvalue weighted by Gasteiger charge is 2.15. The maximum absolute atomic E-state index is 12.5. The molecule has 0 aliphatic rings. The van der Waals surface area contributed by atoms with Gasteiger partial charge in [0.05, 0.1) is 21.5 Å². The molecule has 0 atom stereocenters. The van der Waals surface area contributed by atoms with E-state index in [1.54, 1.807) is 6.92 Å². The van der Waals surface area contributed by atoms with Crippen LogP contribution in [0.25, 0.3) is 22.1 Å². The summed E-state index contributed by atoms with van der Waals surface area (Å²) in [6.07, 6.45) is 0. The molecule has 3 aromatic rings. The second-order valence-corrected chi connectivity index (χ2v) is 5.57. The van der Waals surface area contributed by atoms with Gasteiger partial charge in [-0.25, -0.2) is 4.98 Å². The molecule has 0 spiro atoms. The number of hydrogen-bond donors (Lipinski definition) is 0. The molecule has 0 unspecified atom stereocenters. The minimum atomic E-state index is -0.314. The summed E-state index contributed by atoms with van der Waals surface area (Å²) in [5.41, 5.74) is 0.968. The first kappa shape index (κ1) is 14.0. The molecule has 0 aliphatic carbocycles. The Kier molecular flexibility index (Phi) is 3.23. The lowest BCUT2D eigenvalue weighted by molar-refractivity contribution is 0.101. The van der Waals surface area contributed by atoms with E-state index in [1.807, 2.05) is 0 Å². The molecule has 0 saturated carbocycles. The number of carbonyl (C=O) groups is 1. The first-order valence-electron chi connectivity index (χ1n) is 6.12. The SMILES string of the molecule is CC(=O)c1cc2c(=O)c3cc(Cl)cc(Cl)c3oc2nc1C. The molecule has 6 heteroatoms. The van der Waals surface area contributed by atoms with Gasteiger partial charge in [-0.2, -0.15) is 0 Å². The zero-order chi connectivity index (χ0) is 15.3. The zero-order valence-electron chi connectivity index (χ0n) is 11.2. The standard InChI is InChI=1S/C15H9Cl2NO3/c1-6-9(7(2)19)5-11-13(20)10-3-8(16)4-12(17)14(10)21-15(11)18-6/h3-5H,1-2H3. The van der Waals surface area contributed by atoms with Gasteiger partial charge in [-0.15, -0.1) is 0 Å². The van der Waals surface area contributed by atoms with Crippen LogP contribution in [0.2, 0.25) is 10.0 Å². The lowest BCUT2D eigenvalue weighted by Crippen LogP contribution is -2.07. The van der Waals surface area contributed by atoms with Crippen molar-refractivity contribution in [3.63, 3.8) is 0 Å². The highest BCUT2D eigenvalue weighted by Crippen LogP contribution is 2.28. The third-order valence-corrected chi connectivity index (χ3v) is 3.75. The fraction of sp³-hybridized carbons (Fsp3) is 0.133. The Morgan fingerprint density at radius 3 is 2.57 bits per heavy atom. The smallest absolute Gasteiger partial charge is 0.230 e. The van der Waals surface area contributed by atoms with Crippen LogP contribution in [0, 0.1) is 6.92 Å². The van der Waals surface area contributed by atoms with Gasteiger partial charge in [-0.05, 0) is 32.0 Å². The number of fused-ring (bicyclic) bond motifs is 2. The van der Waals surface area contributed by atoms with Crippen molar-refractivity contribution in [3.05, 3.63) is 49.7 Å². The number of halogens is 2. The molecule has 0 N–H and O–H groups in total. The fourth-order valence-corrected chi connectivity index (χ4v) is 2.79. The first-order valence-corrected chi connectivity index (χ1v) is 6.88. The van der Waals surface area contributed by atoms with Crippen LogP contribution in [-0.4, -0.2) is 10.8 Å². The van der Waals surface area contributed by atoms with Crippen LogP contribution in [0.3, 0.4) is 0 Å². The van der Waals surface area contributed by atoms with E-state index in [-0.39, 0.29) is 38.3 Å². The number of ketones is 1. The van der Waals surface area contributed by atoms with Crippen LogP contribution in [0.4, 0.5) is 0 Å². The molecule has 21 heavy (non-hydrogen) atoms. The van der Waals surface area contributed by atoms with Crippen molar-refractivity contribution in [2.45, 2.75) is 13.8 Å². The third-order valence-electron chi connectivity index (χ3n) is 3.25. The van der Waals surface area contributed by atoms with Crippen molar-refractivity contribution in [1.29, 1.82) is 0 Å². The molecular formula is C15H9Cl2NO3. The molecule has 2 aromatic heterocycles. The number of Topliss-reactive ketones (excluding diaryl/α,β-unsaturated/α-hetero) is 1. The van der Waals surface area contributed by atoms with E-state index in [1.165, 1.54) is 25.1 Å². The number of hydrogen-bond acceptors (Lipinski definition) is 4. The number of carbonyl (C=O) groups excluding carboxylic acids is 1. The molecule has 106 valence electrons. The van der Waals surface area contributed by atoms with Crippen LogP contribution >= 0.6 is 23.2 Å². The molecule has 0 radical (unpaired) electrons. The Hall–Kier alpha value is -1.91. The maximum Gasteiger partial charge on any atom is 0.230 e. The van der Waals surface area contributed by atoms with Gasteiger partial charge in [0, 0.05) is 10.6 Å². The maximum atomic E-state index is 12.5. The minimum Gasteiger partial charge on any atom is -0.436 e. The molecule has 0 bridgehead atoms. The molecule has 1 aromatic carbocycles. The number of aromatic nitrogens is 1. The lowest BCUT2D eigenvalue weighted by Gasteiger charge is -2.06. The topological polar surface area (TPSA) is 60.2 Å². The average molecular weight is 322 g/mol. The summed E-state index contributed by atoms with van der Waals surface area (Å²) in [6, 6.07) is 4.48. The van der Waals surface area contributed by atoms with E-state index >= 15 is 0 Å². The van der Waals surface area contributed by atoms with Gasteiger partial charge in [0.2, 0.25) is 11.1 Å². The van der Waals surface area contributed by atoms with Gasteiger partial charge in [0.1, 0.15) is 0 Å². The fourth-order valence-electron chi connectivity index (χ4n) is 2.25. The van der Waals surface area contributed by atoms with Crippen molar-refractivity contribution in [2.75, 3.05) is 0 Å². The first-order chi connectivity index (χ1) is 9.88. The van der Waals surface area contributed by atoms with Gasteiger partial charge < -0.3 is 4.42 Å². The summed E-state index contributed by atoms with van der Waals surface area (Å²) in [7, 11) is 0. The van der Waals surface area contributed by atoms with E-state index in [0.717, 1.165) is 0 Å². The second-order valence-electron chi connectivity index (χ2n) is 4.73. The lowest BCUT2D eigenvalue weighted by atomic mass is 10.1. The molecular weight excluding hydrogens is 313 g/mol. The monoisotopic (exact) mass is 321 g/mol. The molecule has 2 heterocycles.